The molecule has 8 nitrogen and oxygen atoms in total. The summed E-state index contributed by atoms with van der Waals surface area (Å²) in [5.41, 5.74) is -4.51. The summed E-state index contributed by atoms with van der Waals surface area (Å²) in [7, 11) is 0. The summed E-state index contributed by atoms with van der Waals surface area (Å²) in [6, 6.07) is 0. The standard InChI is InChI=1S/C30H42O8/c1-9-15(3)25(33)37-24-18(6)29(36)20(22-27(7,8)30(22,24)38-26(34)16(4)10-2)12-19(14-31)13-28(35)21(29)11-17(5)23(28)32/h9,11-12,16,18,20-22,24,31,35-36H,10,13-14H2,1-8H3/b15-9+/t16?,18-,20+,21?,22?,24-,28-,29-,30-/m1/s1. The van der Waals surface area contributed by atoms with Crippen LogP contribution in [-0.4, -0.2) is 62.6 Å². The Morgan fingerprint density at radius 2 is 1.87 bits per heavy atom. The van der Waals surface area contributed by atoms with Crippen molar-refractivity contribution < 1.29 is 39.2 Å². The van der Waals surface area contributed by atoms with Gasteiger partial charge in [-0.05, 0) is 38.3 Å². The third-order valence-corrected chi connectivity index (χ3v) is 10.2. The minimum atomic E-state index is -1.95. The Morgan fingerprint density at radius 3 is 2.42 bits per heavy atom. The number of ether oxygens (including phenoxy) is 2. The van der Waals surface area contributed by atoms with Crippen LogP contribution in [0.1, 0.15) is 68.2 Å². The highest BCUT2D eigenvalue weighted by molar-refractivity contribution is 6.04. The van der Waals surface area contributed by atoms with E-state index >= 15 is 0 Å². The molecule has 0 bridgehead atoms. The first-order chi connectivity index (χ1) is 17.6. The molecule has 8 heteroatoms. The largest absolute Gasteiger partial charge is 0.454 e. The highest BCUT2D eigenvalue weighted by Crippen LogP contribution is 2.77. The van der Waals surface area contributed by atoms with Crippen LogP contribution in [0.2, 0.25) is 0 Å². The van der Waals surface area contributed by atoms with Gasteiger partial charge in [-0.1, -0.05) is 52.8 Å². The topological polar surface area (TPSA) is 130 Å². The third kappa shape index (κ3) is 3.56. The quantitative estimate of drug-likeness (QED) is 0.271. The zero-order chi connectivity index (χ0) is 28.6. The molecule has 2 saturated carbocycles. The molecule has 0 aromatic carbocycles. The molecule has 0 amide bonds. The molecular weight excluding hydrogens is 488 g/mol. The fourth-order valence-electron chi connectivity index (χ4n) is 7.58. The second-order valence-corrected chi connectivity index (χ2v) is 12.5. The number of fused-ring (bicyclic) bond motifs is 5. The molecule has 0 heterocycles. The van der Waals surface area contributed by atoms with Crippen molar-refractivity contribution in [2.75, 3.05) is 6.61 Å². The van der Waals surface area contributed by atoms with Crippen molar-refractivity contribution in [2.45, 2.75) is 91.1 Å². The van der Waals surface area contributed by atoms with Crippen LogP contribution in [0.4, 0.5) is 0 Å². The number of aliphatic hydroxyl groups excluding tert-OH is 1. The first kappa shape index (κ1) is 28.7. The third-order valence-electron chi connectivity index (χ3n) is 10.2. The van der Waals surface area contributed by atoms with E-state index in [4.69, 9.17) is 9.47 Å². The number of allylic oxidation sites excluding steroid dienone is 1. The van der Waals surface area contributed by atoms with E-state index in [0.29, 0.717) is 23.1 Å². The molecule has 210 valence electrons. The second kappa shape index (κ2) is 9.14. The van der Waals surface area contributed by atoms with Crippen molar-refractivity contribution >= 4 is 17.7 Å². The Kier molecular flexibility index (Phi) is 6.90. The summed E-state index contributed by atoms with van der Waals surface area (Å²) < 4.78 is 12.4. The van der Waals surface area contributed by atoms with E-state index in [1.165, 1.54) is 0 Å². The molecule has 0 aliphatic heterocycles. The van der Waals surface area contributed by atoms with Crippen LogP contribution in [0.25, 0.3) is 0 Å². The lowest BCUT2D eigenvalue weighted by molar-refractivity contribution is -0.228. The van der Waals surface area contributed by atoms with Crippen LogP contribution in [0.5, 0.6) is 0 Å². The van der Waals surface area contributed by atoms with E-state index in [9.17, 15) is 29.7 Å². The molecule has 0 aromatic heterocycles. The van der Waals surface area contributed by atoms with Crippen LogP contribution in [0.3, 0.4) is 0 Å². The van der Waals surface area contributed by atoms with Crippen LogP contribution < -0.4 is 0 Å². The summed E-state index contributed by atoms with van der Waals surface area (Å²) in [5, 5.41) is 34.7. The Balaban J connectivity index is 1.95. The summed E-state index contributed by atoms with van der Waals surface area (Å²) in [6.07, 6.45) is 4.40. The van der Waals surface area contributed by atoms with Crippen LogP contribution in [0, 0.1) is 35.0 Å². The van der Waals surface area contributed by atoms with Gasteiger partial charge in [-0.2, -0.15) is 0 Å². The molecule has 4 aliphatic rings. The zero-order valence-corrected chi connectivity index (χ0v) is 23.7. The Bertz CT molecular complexity index is 1150. The van der Waals surface area contributed by atoms with Crippen molar-refractivity contribution in [2.24, 2.45) is 35.0 Å². The molecule has 0 aromatic rings. The van der Waals surface area contributed by atoms with Gasteiger partial charge >= 0.3 is 11.9 Å². The number of hydrogen-bond acceptors (Lipinski definition) is 8. The smallest absolute Gasteiger partial charge is 0.333 e. The molecule has 9 atom stereocenters. The summed E-state index contributed by atoms with van der Waals surface area (Å²) in [4.78, 5) is 39.6. The highest BCUT2D eigenvalue weighted by Gasteiger charge is 2.88. The molecule has 4 aliphatic carbocycles. The number of hydrogen-bond donors (Lipinski definition) is 3. The van der Waals surface area contributed by atoms with Gasteiger partial charge in [0.15, 0.2) is 11.4 Å². The number of esters is 2. The zero-order valence-electron chi connectivity index (χ0n) is 23.7. The molecule has 3 N–H and O–H groups in total. The highest BCUT2D eigenvalue weighted by atomic mass is 16.6. The van der Waals surface area contributed by atoms with Crippen LogP contribution in [0.15, 0.2) is 34.9 Å². The average Bonchev–Trinajstić information content (AvgIpc) is 3.30. The minimum Gasteiger partial charge on any atom is -0.454 e. The van der Waals surface area contributed by atoms with Crippen molar-refractivity contribution in [1.29, 1.82) is 0 Å². The molecule has 0 radical (unpaired) electrons. The first-order valence-corrected chi connectivity index (χ1v) is 13.6. The first-order valence-electron chi connectivity index (χ1n) is 13.6. The summed E-state index contributed by atoms with van der Waals surface area (Å²) in [6.45, 7) is 13.8. The van der Waals surface area contributed by atoms with E-state index in [1.54, 1.807) is 52.8 Å². The summed E-state index contributed by atoms with van der Waals surface area (Å²) in [5.74, 6) is -4.91. The summed E-state index contributed by atoms with van der Waals surface area (Å²) >= 11 is 0. The predicted molar refractivity (Wildman–Crippen MR) is 139 cm³/mol. The maximum Gasteiger partial charge on any atom is 0.333 e. The minimum absolute atomic E-state index is 0.124. The van der Waals surface area contributed by atoms with Gasteiger partial charge in [0.1, 0.15) is 11.7 Å². The van der Waals surface area contributed by atoms with Gasteiger partial charge in [0.05, 0.1) is 18.1 Å². The van der Waals surface area contributed by atoms with Gasteiger partial charge < -0.3 is 24.8 Å². The monoisotopic (exact) mass is 530 g/mol. The van der Waals surface area contributed by atoms with Crippen LogP contribution >= 0.6 is 0 Å². The number of carbonyl (C=O) groups is 3. The Labute approximate surface area is 224 Å². The van der Waals surface area contributed by atoms with E-state index in [1.807, 2.05) is 20.8 Å². The Morgan fingerprint density at radius 1 is 1.24 bits per heavy atom. The maximum atomic E-state index is 13.3. The van der Waals surface area contributed by atoms with Crippen molar-refractivity contribution in [3.8, 4) is 0 Å². The SMILES string of the molecule is C/C=C(\C)C(=O)O[C@@H]1[C@@H](C)[C@]2(O)C3C=C(C)C(=O)[C@@]3(O)CC(CO)=C[C@H]2C2C(C)(C)[C@@]21OC(=O)C(C)CC. The number of ketones is 1. The van der Waals surface area contributed by atoms with Crippen molar-refractivity contribution in [3.05, 3.63) is 34.9 Å². The van der Waals surface area contributed by atoms with E-state index in [2.05, 4.69) is 0 Å². The fourth-order valence-corrected chi connectivity index (χ4v) is 7.58. The van der Waals surface area contributed by atoms with Gasteiger partial charge in [-0.25, -0.2) is 4.79 Å². The molecule has 38 heavy (non-hydrogen) atoms. The van der Waals surface area contributed by atoms with Crippen molar-refractivity contribution in [3.63, 3.8) is 0 Å². The maximum absolute atomic E-state index is 13.3. The van der Waals surface area contributed by atoms with Gasteiger partial charge in [-0.15, -0.1) is 0 Å². The van der Waals surface area contributed by atoms with E-state index < -0.39 is 76.3 Å². The lowest BCUT2D eigenvalue weighted by atomic mass is 9.59. The van der Waals surface area contributed by atoms with E-state index in [-0.39, 0.29) is 12.3 Å². The number of aliphatic hydroxyl groups is 3. The predicted octanol–water partition coefficient (Wildman–Crippen LogP) is 3.04. The lowest BCUT2D eigenvalue weighted by Crippen LogP contribution is -2.66. The second-order valence-electron chi connectivity index (χ2n) is 12.5. The molecule has 2 fully saturated rings. The normalized spacial score (nSPS) is 42.0. The number of carbonyl (C=O) groups excluding carboxylic acids is 3. The Hall–Kier alpha value is -2.29. The number of rotatable bonds is 6. The van der Waals surface area contributed by atoms with Gasteiger partial charge in [0.25, 0.3) is 0 Å². The molecule has 0 saturated heterocycles. The van der Waals surface area contributed by atoms with Gasteiger partial charge in [0.2, 0.25) is 0 Å². The van der Waals surface area contributed by atoms with Gasteiger partial charge in [-0.3, -0.25) is 9.59 Å². The lowest BCUT2D eigenvalue weighted by Gasteiger charge is -2.53. The van der Waals surface area contributed by atoms with Gasteiger partial charge in [0, 0.05) is 41.1 Å². The van der Waals surface area contributed by atoms with Crippen LogP contribution in [-0.2, 0) is 23.9 Å². The molecule has 4 rings (SSSR count). The van der Waals surface area contributed by atoms with E-state index in [0.717, 1.165) is 0 Å². The van der Waals surface area contributed by atoms with Crippen molar-refractivity contribution in [1.82, 2.24) is 0 Å². The fraction of sp³-hybridized carbons (Fsp3) is 0.700. The molecule has 3 unspecified atom stereocenters. The number of Topliss-reactive ketones (excluding diaryl/α,β-unsaturated/α-hetero) is 1. The molecule has 0 spiro atoms. The average molecular weight is 531 g/mol. The molecular formula is C30H42O8.